The topological polar surface area (TPSA) is 58.9 Å². The normalized spacial score (nSPS) is 13.8. The number of aliphatic hydroxyl groups excluding tert-OH is 2. The monoisotopic (exact) mass is 282 g/mol. The van der Waals surface area contributed by atoms with Crippen molar-refractivity contribution in [1.82, 2.24) is 0 Å². The smallest absolute Gasteiger partial charge is 0.161 e. The molecule has 1 aromatic rings. The maximum atomic E-state index is 9.78. The van der Waals surface area contributed by atoms with Crippen LogP contribution in [0.2, 0.25) is 0 Å². The molecule has 2 atom stereocenters. The highest BCUT2D eigenvalue weighted by Crippen LogP contribution is 2.29. The van der Waals surface area contributed by atoms with Gasteiger partial charge in [0.05, 0.1) is 25.4 Å². The molecule has 2 unspecified atom stereocenters. The summed E-state index contributed by atoms with van der Waals surface area (Å²) in [5.41, 5.74) is 1.07. The maximum Gasteiger partial charge on any atom is 0.161 e. The van der Waals surface area contributed by atoms with Gasteiger partial charge >= 0.3 is 0 Å². The lowest BCUT2D eigenvalue weighted by atomic mass is 10.0. The highest BCUT2D eigenvalue weighted by molar-refractivity contribution is 5.43. The van der Waals surface area contributed by atoms with Gasteiger partial charge in [-0.3, -0.25) is 0 Å². The largest absolute Gasteiger partial charge is 0.490 e. The molecule has 2 N–H and O–H groups in total. The van der Waals surface area contributed by atoms with Crippen molar-refractivity contribution in [2.24, 2.45) is 0 Å². The van der Waals surface area contributed by atoms with Crippen LogP contribution < -0.4 is 9.47 Å². The Kier molecular flexibility index (Phi) is 7.41. The predicted octanol–water partition coefficient (Wildman–Crippen LogP) is 2.55. The van der Waals surface area contributed by atoms with E-state index in [-0.39, 0.29) is 0 Å². The Bertz CT molecular complexity index is 392. The average molecular weight is 282 g/mol. The first-order chi connectivity index (χ1) is 9.62. The van der Waals surface area contributed by atoms with Gasteiger partial charge < -0.3 is 19.7 Å². The fourth-order valence-corrected chi connectivity index (χ4v) is 2.03. The molecule has 0 bridgehead atoms. The van der Waals surface area contributed by atoms with Crippen LogP contribution in [-0.4, -0.2) is 35.6 Å². The van der Waals surface area contributed by atoms with Gasteiger partial charge in [-0.2, -0.15) is 0 Å². The second kappa shape index (κ2) is 8.82. The van der Waals surface area contributed by atoms with E-state index in [0.717, 1.165) is 17.1 Å². The Morgan fingerprint density at radius 1 is 0.950 bits per heavy atom. The summed E-state index contributed by atoms with van der Waals surface area (Å²) in [5, 5.41) is 19.3. The van der Waals surface area contributed by atoms with E-state index < -0.39 is 12.2 Å². The lowest BCUT2D eigenvalue weighted by Gasteiger charge is -2.16. The molecule has 0 spiro atoms. The molecule has 1 aromatic carbocycles. The summed E-state index contributed by atoms with van der Waals surface area (Å²) in [6, 6.07) is 5.81. The van der Waals surface area contributed by atoms with Gasteiger partial charge in [0, 0.05) is 0 Å². The third kappa shape index (κ3) is 5.02. The number of aryl methyl sites for hydroxylation is 1. The Morgan fingerprint density at radius 3 is 2.20 bits per heavy atom. The Hall–Kier alpha value is -1.26. The lowest BCUT2D eigenvalue weighted by Crippen LogP contribution is -2.25. The molecule has 4 nitrogen and oxygen atoms in total. The third-order valence-corrected chi connectivity index (χ3v) is 3.20. The van der Waals surface area contributed by atoms with E-state index in [1.165, 1.54) is 0 Å². The molecule has 1 rings (SSSR count). The van der Waals surface area contributed by atoms with Crippen LogP contribution in [0.1, 0.15) is 39.2 Å². The fraction of sp³-hybridized carbons (Fsp3) is 0.625. The van der Waals surface area contributed by atoms with E-state index in [9.17, 15) is 10.2 Å². The molecule has 0 fully saturated rings. The van der Waals surface area contributed by atoms with E-state index in [2.05, 4.69) is 0 Å². The van der Waals surface area contributed by atoms with Crippen LogP contribution in [0.25, 0.3) is 0 Å². The van der Waals surface area contributed by atoms with Crippen molar-refractivity contribution in [2.45, 2.75) is 52.2 Å². The van der Waals surface area contributed by atoms with Gasteiger partial charge in [0.2, 0.25) is 0 Å². The fourth-order valence-electron chi connectivity index (χ4n) is 2.03. The summed E-state index contributed by atoms with van der Waals surface area (Å²) in [4.78, 5) is 0. The zero-order chi connectivity index (χ0) is 15.0. The first-order valence-electron chi connectivity index (χ1n) is 7.36. The van der Waals surface area contributed by atoms with Crippen molar-refractivity contribution < 1.29 is 19.7 Å². The third-order valence-electron chi connectivity index (χ3n) is 3.20. The van der Waals surface area contributed by atoms with Crippen LogP contribution in [-0.2, 0) is 6.42 Å². The van der Waals surface area contributed by atoms with Gasteiger partial charge in [0.25, 0.3) is 0 Å². The number of hydrogen-bond acceptors (Lipinski definition) is 4. The Balaban J connectivity index is 2.68. The van der Waals surface area contributed by atoms with Gasteiger partial charge in [-0.15, -0.1) is 0 Å². The molecular weight excluding hydrogens is 256 g/mol. The van der Waals surface area contributed by atoms with Gasteiger partial charge in [0.1, 0.15) is 0 Å². The Morgan fingerprint density at radius 2 is 1.60 bits per heavy atom. The quantitative estimate of drug-likeness (QED) is 0.731. The molecule has 0 saturated carbocycles. The summed E-state index contributed by atoms with van der Waals surface area (Å²) in [5.74, 6) is 1.48. The van der Waals surface area contributed by atoms with Crippen LogP contribution in [0.5, 0.6) is 11.5 Å². The number of benzene rings is 1. The molecule has 0 aliphatic heterocycles. The van der Waals surface area contributed by atoms with Crippen molar-refractivity contribution in [3.8, 4) is 11.5 Å². The summed E-state index contributed by atoms with van der Waals surface area (Å²) in [6.07, 6.45) is 0.472. The molecule has 0 aliphatic carbocycles. The standard InChI is InChI=1S/C16H26O4/c1-4-13(17)14(18)9-7-12-8-10-15(19-5-2)16(11-12)20-6-3/h8,10-11,13-14,17-18H,4-7,9H2,1-3H3. The summed E-state index contributed by atoms with van der Waals surface area (Å²) in [6.45, 7) is 6.91. The Labute approximate surface area is 121 Å². The van der Waals surface area contributed by atoms with Gasteiger partial charge in [0.15, 0.2) is 11.5 Å². The minimum Gasteiger partial charge on any atom is -0.490 e. The number of aliphatic hydroxyl groups is 2. The van der Waals surface area contributed by atoms with Gasteiger partial charge in [-0.1, -0.05) is 13.0 Å². The van der Waals surface area contributed by atoms with Crippen LogP contribution in [0, 0.1) is 0 Å². The van der Waals surface area contributed by atoms with Crippen LogP contribution >= 0.6 is 0 Å². The molecule has 0 radical (unpaired) electrons. The molecular formula is C16H26O4. The molecule has 0 aliphatic rings. The number of ether oxygens (including phenoxy) is 2. The summed E-state index contributed by atoms with van der Waals surface area (Å²) >= 11 is 0. The molecule has 0 heterocycles. The SMILES string of the molecule is CCOc1ccc(CCC(O)C(O)CC)cc1OCC. The molecule has 0 saturated heterocycles. The first-order valence-corrected chi connectivity index (χ1v) is 7.36. The zero-order valence-electron chi connectivity index (χ0n) is 12.6. The van der Waals surface area contributed by atoms with Gasteiger partial charge in [-0.05, 0) is 50.8 Å². The first kappa shape index (κ1) is 16.8. The molecule has 4 heteroatoms. The number of rotatable bonds is 9. The van der Waals surface area contributed by atoms with Crippen LogP contribution in [0.15, 0.2) is 18.2 Å². The second-order valence-corrected chi connectivity index (χ2v) is 4.73. The van der Waals surface area contributed by atoms with Crippen molar-refractivity contribution in [3.05, 3.63) is 23.8 Å². The van der Waals surface area contributed by atoms with E-state index in [0.29, 0.717) is 32.5 Å². The molecule has 0 aromatic heterocycles. The molecule has 0 amide bonds. The molecule has 114 valence electrons. The number of hydrogen-bond donors (Lipinski definition) is 2. The summed E-state index contributed by atoms with van der Waals surface area (Å²) < 4.78 is 11.1. The van der Waals surface area contributed by atoms with Crippen molar-refractivity contribution in [2.75, 3.05) is 13.2 Å². The van der Waals surface area contributed by atoms with Crippen molar-refractivity contribution >= 4 is 0 Å². The maximum absolute atomic E-state index is 9.78. The predicted molar refractivity (Wildman–Crippen MR) is 79.4 cm³/mol. The van der Waals surface area contributed by atoms with Gasteiger partial charge in [-0.25, -0.2) is 0 Å². The summed E-state index contributed by atoms with van der Waals surface area (Å²) in [7, 11) is 0. The average Bonchev–Trinajstić information content (AvgIpc) is 2.46. The minimum atomic E-state index is -0.679. The van der Waals surface area contributed by atoms with E-state index in [1.807, 2.05) is 39.0 Å². The minimum absolute atomic E-state index is 0.536. The van der Waals surface area contributed by atoms with E-state index in [1.54, 1.807) is 0 Å². The zero-order valence-corrected chi connectivity index (χ0v) is 12.6. The highest BCUT2D eigenvalue weighted by atomic mass is 16.5. The van der Waals surface area contributed by atoms with E-state index in [4.69, 9.17) is 9.47 Å². The second-order valence-electron chi connectivity index (χ2n) is 4.73. The van der Waals surface area contributed by atoms with Crippen molar-refractivity contribution in [1.29, 1.82) is 0 Å². The van der Waals surface area contributed by atoms with E-state index >= 15 is 0 Å². The molecule has 20 heavy (non-hydrogen) atoms. The lowest BCUT2D eigenvalue weighted by molar-refractivity contribution is 0.0130. The highest BCUT2D eigenvalue weighted by Gasteiger charge is 2.14. The van der Waals surface area contributed by atoms with Crippen LogP contribution in [0.3, 0.4) is 0 Å². The van der Waals surface area contributed by atoms with Crippen molar-refractivity contribution in [3.63, 3.8) is 0 Å². The van der Waals surface area contributed by atoms with Crippen LogP contribution in [0.4, 0.5) is 0 Å².